The Balaban J connectivity index is 2.17. The fourth-order valence-corrected chi connectivity index (χ4v) is 3.33. The van der Waals surface area contributed by atoms with E-state index >= 15 is 0 Å². The number of alkyl halides is 3. The van der Waals surface area contributed by atoms with Crippen molar-refractivity contribution < 1.29 is 4.79 Å². The van der Waals surface area contributed by atoms with Crippen molar-refractivity contribution in [2.24, 2.45) is 0 Å². The molecule has 0 spiro atoms. The Labute approximate surface area is 139 Å². The Morgan fingerprint density at radius 2 is 1.62 bits per heavy atom. The number of aryl methyl sites for hydroxylation is 1. The molecule has 0 aromatic heterocycles. The summed E-state index contributed by atoms with van der Waals surface area (Å²) in [5.41, 5.74) is 2.47. The maximum absolute atomic E-state index is 12.4. The van der Waals surface area contributed by atoms with Crippen molar-refractivity contribution >= 4 is 40.6 Å². The Hall–Kier alpha value is -1.02. The van der Waals surface area contributed by atoms with Gasteiger partial charge in [-0.3, -0.25) is 4.79 Å². The summed E-state index contributed by atoms with van der Waals surface area (Å²) in [5, 5.41) is -0.422. The third kappa shape index (κ3) is 4.00. The third-order valence-corrected chi connectivity index (χ3v) is 4.37. The molecule has 0 bridgehead atoms. The van der Waals surface area contributed by atoms with Gasteiger partial charge in [-0.05, 0) is 18.1 Å². The highest BCUT2D eigenvalue weighted by molar-refractivity contribution is 6.60. The van der Waals surface area contributed by atoms with Gasteiger partial charge in [0, 0.05) is 12.0 Å². The lowest BCUT2D eigenvalue weighted by Crippen LogP contribution is -2.27. The van der Waals surface area contributed by atoms with Crippen LogP contribution < -0.4 is 0 Å². The Kier molecular flexibility index (Phi) is 5.32. The van der Waals surface area contributed by atoms with E-state index in [1.807, 2.05) is 37.3 Å². The molecule has 21 heavy (non-hydrogen) atoms. The van der Waals surface area contributed by atoms with Crippen molar-refractivity contribution in [3.63, 3.8) is 0 Å². The summed E-state index contributed by atoms with van der Waals surface area (Å²) in [4.78, 5) is 12.4. The number of benzene rings is 2. The molecule has 0 saturated heterocycles. The van der Waals surface area contributed by atoms with Crippen molar-refractivity contribution in [1.29, 1.82) is 0 Å². The fraction of sp³-hybridized carbons (Fsp3) is 0.235. The Morgan fingerprint density at radius 1 is 1.05 bits per heavy atom. The summed E-state index contributed by atoms with van der Waals surface area (Å²) in [7, 11) is 0. The number of ketones is 1. The first-order valence-corrected chi connectivity index (χ1v) is 7.78. The predicted molar refractivity (Wildman–Crippen MR) is 89.6 cm³/mol. The molecule has 0 radical (unpaired) electrons. The monoisotopic (exact) mass is 340 g/mol. The second kappa shape index (κ2) is 6.83. The molecule has 0 aliphatic heterocycles. The van der Waals surface area contributed by atoms with Crippen LogP contribution in [0.1, 0.15) is 33.3 Å². The molecule has 2 aromatic carbocycles. The lowest BCUT2D eigenvalue weighted by Gasteiger charge is -2.22. The number of halogens is 3. The number of carbonyl (C=O) groups is 1. The van der Waals surface area contributed by atoms with Crippen LogP contribution in [0.15, 0.2) is 54.6 Å². The maximum atomic E-state index is 12.4. The quantitative estimate of drug-likeness (QED) is 0.502. The van der Waals surface area contributed by atoms with Crippen LogP contribution in [0, 0.1) is 6.92 Å². The van der Waals surface area contributed by atoms with E-state index < -0.39 is 9.71 Å². The lowest BCUT2D eigenvalue weighted by atomic mass is 9.98. The first kappa shape index (κ1) is 16.4. The number of hydrogen-bond acceptors (Lipinski definition) is 1. The van der Waals surface area contributed by atoms with Crippen molar-refractivity contribution in [1.82, 2.24) is 0 Å². The van der Waals surface area contributed by atoms with Gasteiger partial charge in [0.05, 0.1) is 5.38 Å². The summed E-state index contributed by atoms with van der Waals surface area (Å²) in [6, 6.07) is 16.5. The second-order valence-electron chi connectivity index (χ2n) is 4.93. The van der Waals surface area contributed by atoms with Gasteiger partial charge in [0.25, 0.3) is 0 Å². The van der Waals surface area contributed by atoms with E-state index in [1.165, 1.54) is 0 Å². The van der Waals surface area contributed by atoms with Crippen molar-refractivity contribution in [2.45, 2.75) is 23.1 Å². The molecule has 0 heterocycles. The molecular formula is C17H15Cl3O. The molecule has 0 fully saturated rings. The molecule has 2 rings (SSSR count). The fourth-order valence-electron chi connectivity index (χ4n) is 2.17. The van der Waals surface area contributed by atoms with Crippen molar-refractivity contribution in [3.8, 4) is 0 Å². The largest absolute Gasteiger partial charge is 0.291 e. The van der Waals surface area contributed by atoms with Crippen LogP contribution in [-0.2, 0) is 0 Å². The van der Waals surface area contributed by atoms with E-state index in [0.29, 0.717) is 5.56 Å². The summed E-state index contributed by atoms with van der Waals surface area (Å²) < 4.78 is -1.55. The minimum absolute atomic E-state index is 0.149. The molecule has 1 atom stereocenters. The summed E-state index contributed by atoms with van der Waals surface area (Å²) in [6.45, 7) is 1.97. The van der Waals surface area contributed by atoms with Gasteiger partial charge in [-0.2, -0.15) is 0 Å². The SMILES string of the molecule is Cc1ccccc1C(Cl)CC(Cl)(Cl)C(=O)c1ccccc1. The van der Waals surface area contributed by atoms with Gasteiger partial charge in [-0.25, -0.2) is 0 Å². The number of rotatable bonds is 5. The van der Waals surface area contributed by atoms with E-state index in [9.17, 15) is 4.79 Å². The van der Waals surface area contributed by atoms with Gasteiger partial charge in [-0.15, -0.1) is 11.6 Å². The van der Waals surface area contributed by atoms with E-state index in [1.54, 1.807) is 24.3 Å². The van der Waals surface area contributed by atoms with Gasteiger partial charge in [-0.1, -0.05) is 77.8 Å². The molecule has 110 valence electrons. The molecule has 0 N–H and O–H groups in total. The van der Waals surface area contributed by atoms with Crippen LogP contribution >= 0.6 is 34.8 Å². The minimum atomic E-state index is -1.55. The smallest absolute Gasteiger partial charge is 0.198 e. The number of carbonyl (C=O) groups excluding carboxylic acids is 1. The van der Waals surface area contributed by atoms with E-state index in [4.69, 9.17) is 34.8 Å². The predicted octanol–water partition coefficient (Wildman–Crippen LogP) is 5.72. The van der Waals surface area contributed by atoms with Gasteiger partial charge in [0.2, 0.25) is 0 Å². The summed E-state index contributed by atoms with van der Waals surface area (Å²) >= 11 is 18.9. The van der Waals surface area contributed by atoms with Crippen molar-refractivity contribution in [3.05, 3.63) is 71.3 Å². The van der Waals surface area contributed by atoms with Crippen LogP contribution in [0.3, 0.4) is 0 Å². The van der Waals surface area contributed by atoms with Crippen LogP contribution in [0.5, 0.6) is 0 Å². The molecule has 4 heteroatoms. The molecular weight excluding hydrogens is 327 g/mol. The van der Waals surface area contributed by atoms with Gasteiger partial charge >= 0.3 is 0 Å². The molecule has 0 aliphatic rings. The average molecular weight is 342 g/mol. The zero-order valence-electron chi connectivity index (χ0n) is 11.5. The highest BCUT2D eigenvalue weighted by Gasteiger charge is 2.37. The Bertz CT molecular complexity index is 623. The zero-order valence-corrected chi connectivity index (χ0v) is 13.8. The second-order valence-corrected chi connectivity index (χ2v) is 6.94. The zero-order chi connectivity index (χ0) is 15.5. The summed E-state index contributed by atoms with van der Waals surface area (Å²) in [5.74, 6) is -0.328. The maximum Gasteiger partial charge on any atom is 0.198 e. The molecule has 2 aromatic rings. The standard InChI is InChI=1S/C17H15Cl3O/c1-12-7-5-6-10-14(12)15(18)11-17(19,20)16(21)13-8-3-2-4-9-13/h2-10,15H,11H2,1H3. The lowest BCUT2D eigenvalue weighted by molar-refractivity contribution is 0.0968. The average Bonchev–Trinajstić information content (AvgIpc) is 2.47. The topological polar surface area (TPSA) is 17.1 Å². The van der Waals surface area contributed by atoms with E-state index in [0.717, 1.165) is 11.1 Å². The molecule has 0 saturated carbocycles. The number of Topliss-reactive ketones (excluding diaryl/α,β-unsaturated/α-hetero) is 1. The highest BCUT2D eigenvalue weighted by Crippen LogP contribution is 2.39. The van der Waals surface area contributed by atoms with Gasteiger partial charge in [0.1, 0.15) is 0 Å². The third-order valence-electron chi connectivity index (χ3n) is 3.33. The summed E-state index contributed by atoms with van der Waals surface area (Å²) in [6.07, 6.45) is 0.149. The van der Waals surface area contributed by atoms with Crippen LogP contribution in [0.4, 0.5) is 0 Å². The van der Waals surface area contributed by atoms with Gasteiger partial charge in [0.15, 0.2) is 10.1 Å². The Morgan fingerprint density at radius 3 is 2.24 bits per heavy atom. The van der Waals surface area contributed by atoms with Crippen molar-refractivity contribution in [2.75, 3.05) is 0 Å². The van der Waals surface area contributed by atoms with Crippen LogP contribution in [-0.4, -0.2) is 10.1 Å². The molecule has 1 nitrogen and oxygen atoms in total. The number of hydrogen-bond donors (Lipinski definition) is 0. The normalized spacial score (nSPS) is 13.0. The van der Waals surface area contributed by atoms with Crippen LogP contribution in [0.2, 0.25) is 0 Å². The highest BCUT2D eigenvalue weighted by atomic mass is 35.5. The van der Waals surface area contributed by atoms with Crippen LogP contribution in [0.25, 0.3) is 0 Å². The van der Waals surface area contributed by atoms with E-state index in [-0.39, 0.29) is 12.2 Å². The first-order chi connectivity index (χ1) is 9.92. The first-order valence-electron chi connectivity index (χ1n) is 6.59. The van der Waals surface area contributed by atoms with Gasteiger partial charge < -0.3 is 0 Å². The van der Waals surface area contributed by atoms with E-state index in [2.05, 4.69) is 0 Å². The molecule has 1 unspecified atom stereocenters. The molecule has 0 aliphatic carbocycles. The minimum Gasteiger partial charge on any atom is -0.291 e. The molecule has 0 amide bonds.